The molecule has 5 nitrogen and oxygen atoms in total. The van der Waals surface area contributed by atoms with Crippen molar-refractivity contribution in [3.8, 4) is 11.5 Å². The number of hydrogen-bond acceptors (Lipinski definition) is 4. The number of nitrogens with zero attached hydrogens (tertiary/aromatic N) is 1. The summed E-state index contributed by atoms with van der Waals surface area (Å²) in [5.41, 5.74) is 1.89. The minimum atomic E-state index is -0.262. The largest absolute Gasteiger partial charge is 0.493 e. The average Bonchev–Trinajstić information content (AvgIpc) is 3.12. The Morgan fingerprint density at radius 1 is 1.18 bits per heavy atom. The standard InChI is InChI=1S/C22H27FN2O3/c1-27-20-6-2-5-18(15-24-12-4-14-25-13-3-7-21(25)26)22(20)28-16-17-8-10-19(23)11-9-17/h2,5-6,8-11,24H,3-4,7,12-16H2,1H3. The van der Waals surface area contributed by atoms with Gasteiger partial charge >= 0.3 is 0 Å². The summed E-state index contributed by atoms with van der Waals surface area (Å²) in [4.78, 5) is 13.6. The summed E-state index contributed by atoms with van der Waals surface area (Å²) >= 11 is 0. The van der Waals surface area contributed by atoms with Crippen molar-refractivity contribution in [2.24, 2.45) is 0 Å². The topological polar surface area (TPSA) is 50.8 Å². The van der Waals surface area contributed by atoms with Crippen LogP contribution >= 0.6 is 0 Å². The molecule has 1 saturated heterocycles. The third-order valence-corrected chi connectivity index (χ3v) is 4.85. The van der Waals surface area contributed by atoms with Crippen LogP contribution in [0.25, 0.3) is 0 Å². The van der Waals surface area contributed by atoms with Crippen LogP contribution in [0, 0.1) is 5.82 Å². The average molecular weight is 386 g/mol. The van der Waals surface area contributed by atoms with Crippen molar-refractivity contribution < 1.29 is 18.7 Å². The first kappa shape index (κ1) is 20.1. The summed E-state index contributed by atoms with van der Waals surface area (Å²) < 4.78 is 24.5. The van der Waals surface area contributed by atoms with E-state index in [-0.39, 0.29) is 11.7 Å². The molecule has 1 aliphatic heterocycles. The molecule has 0 atom stereocenters. The predicted octanol–water partition coefficient (Wildman–Crippen LogP) is 3.52. The summed E-state index contributed by atoms with van der Waals surface area (Å²) in [6.07, 6.45) is 2.58. The SMILES string of the molecule is COc1cccc(CNCCCN2CCCC2=O)c1OCc1ccc(F)cc1. The quantitative estimate of drug-likeness (QED) is 0.635. The Morgan fingerprint density at radius 2 is 2.00 bits per heavy atom. The van der Waals surface area contributed by atoms with Gasteiger partial charge in [-0.25, -0.2) is 4.39 Å². The van der Waals surface area contributed by atoms with Gasteiger partial charge < -0.3 is 19.7 Å². The Balaban J connectivity index is 1.53. The van der Waals surface area contributed by atoms with Crippen LogP contribution in [-0.2, 0) is 17.9 Å². The van der Waals surface area contributed by atoms with Gasteiger partial charge in [0.05, 0.1) is 7.11 Å². The summed E-state index contributed by atoms with van der Waals surface area (Å²) in [5.74, 6) is 1.37. The molecule has 0 aromatic heterocycles. The van der Waals surface area contributed by atoms with Gasteiger partial charge in [0.2, 0.25) is 5.91 Å². The number of amides is 1. The van der Waals surface area contributed by atoms with Crippen molar-refractivity contribution in [2.45, 2.75) is 32.4 Å². The van der Waals surface area contributed by atoms with Gasteiger partial charge in [0, 0.05) is 31.6 Å². The molecule has 1 fully saturated rings. The number of hydrogen-bond donors (Lipinski definition) is 1. The Bertz CT molecular complexity index is 780. The first-order valence-corrected chi connectivity index (χ1v) is 9.69. The predicted molar refractivity (Wildman–Crippen MR) is 106 cm³/mol. The van der Waals surface area contributed by atoms with E-state index >= 15 is 0 Å². The summed E-state index contributed by atoms with van der Waals surface area (Å²) in [5, 5.41) is 3.41. The number of carbonyl (C=O) groups is 1. The molecule has 1 heterocycles. The van der Waals surface area contributed by atoms with Crippen LogP contribution in [0.1, 0.15) is 30.4 Å². The Hall–Kier alpha value is -2.60. The summed E-state index contributed by atoms with van der Waals surface area (Å²) in [6, 6.07) is 12.1. The fraction of sp³-hybridized carbons (Fsp3) is 0.409. The van der Waals surface area contributed by atoms with E-state index in [9.17, 15) is 9.18 Å². The van der Waals surface area contributed by atoms with Crippen LogP contribution in [-0.4, -0.2) is 37.6 Å². The number of benzene rings is 2. The van der Waals surface area contributed by atoms with Crippen LogP contribution in [0.5, 0.6) is 11.5 Å². The lowest BCUT2D eigenvalue weighted by atomic mass is 10.1. The molecule has 0 radical (unpaired) electrons. The highest BCUT2D eigenvalue weighted by Gasteiger charge is 2.19. The number of carbonyl (C=O) groups excluding carboxylic acids is 1. The molecule has 1 aliphatic rings. The lowest BCUT2D eigenvalue weighted by Gasteiger charge is -2.17. The second kappa shape index (κ2) is 10.1. The molecular weight excluding hydrogens is 359 g/mol. The number of rotatable bonds is 10. The molecule has 3 rings (SSSR count). The maximum atomic E-state index is 13.1. The van der Waals surface area contributed by atoms with Gasteiger partial charge in [0.15, 0.2) is 11.5 Å². The maximum absolute atomic E-state index is 13.1. The van der Waals surface area contributed by atoms with Crippen molar-refractivity contribution in [3.63, 3.8) is 0 Å². The van der Waals surface area contributed by atoms with E-state index in [1.54, 1.807) is 19.2 Å². The zero-order valence-corrected chi connectivity index (χ0v) is 16.2. The van der Waals surface area contributed by atoms with Crippen LogP contribution in [0.2, 0.25) is 0 Å². The zero-order valence-electron chi connectivity index (χ0n) is 16.2. The Labute approximate surface area is 165 Å². The van der Waals surface area contributed by atoms with Gasteiger partial charge in [0.1, 0.15) is 12.4 Å². The van der Waals surface area contributed by atoms with Gasteiger partial charge in [-0.15, -0.1) is 0 Å². The lowest BCUT2D eigenvalue weighted by Crippen LogP contribution is -2.28. The van der Waals surface area contributed by atoms with Gasteiger partial charge in [-0.2, -0.15) is 0 Å². The van der Waals surface area contributed by atoms with Crippen LogP contribution in [0.4, 0.5) is 4.39 Å². The normalized spacial score (nSPS) is 13.8. The monoisotopic (exact) mass is 386 g/mol. The van der Waals surface area contributed by atoms with E-state index in [1.807, 2.05) is 23.1 Å². The number of methoxy groups -OCH3 is 1. The third kappa shape index (κ3) is 5.45. The van der Waals surface area contributed by atoms with E-state index in [1.165, 1.54) is 12.1 Å². The van der Waals surface area contributed by atoms with Crippen LogP contribution < -0.4 is 14.8 Å². The van der Waals surface area contributed by atoms with Crippen molar-refractivity contribution in [3.05, 3.63) is 59.4 Å². The molecule has 6 heteroatoms. The molecular formula is C22H27FN2O3. The third-order valence-electron chi connectivity index (χ3n) is 4.85. The summed E-state index contributed by atoms with van der Waals surface area (Å²) in [6.45, 7) is 3.49. The minimum absolute atomic E-state index is 0.262. The Kier molecular flexibility index (Phi) is 7.25. The molecule has 1 N–H and O–H groups in total. The van der Waals surface area contributed by atoms with Crippen molar-refractivity contribution in [2.75, 3.05) is 26.7 Å². The number of halogens is 1. The minimum Gasteiger partial charge on any atom is -0.493 e. The van der Waals surface area contributed by atoms with Gasteiger partial charge in [-0.05, 0) is 43.1 Å². The molecule has 2 aromatic rings. The molecule has 0 saturated carbocycles. The van der Waals surface area contributed by atoms with Gasteiger partial charge in [-0.3, -0.25) is 4.79 Å². The number of nitrogens with one attached hydrogen (secondary N) is 1. The van der Waals surface area contributed by atoms with E-state index in [0.717, 1.165) is 43.6 Å². The highest BCUT2D eigenvalue weighted by Crippen LogP contribution is 2.31. The number of likely N-dealkylation sites (tertiary alicyclic amines) is 1. The Morgan fingerprint density at radius 3 is 2.71 bits per heavy atom. The van der Waals surface area contributed by atoms with E-state index in [0.29, 0.717) is 31.1 Å². The second-order valence-corrected chi connectivity index (χ2v) is 6.88. The van der Waals surface area contributed by atoms with Crippen LogP contribution in [0.15, 0.2) is 42.5 Å². The molecule has 150 valence electrons. The second-order valence-electron chi connectivity index (χ2n) is 6.88. The summed E-state index contributed by atoms with van der Waals surface area (Å²) in [7, 11) is 1.62. The highest BCUT2D eigenvalue weighted by molar-refractivity contribution is 5.77. The van der Waals surface area contributed by atoms with Crippen LogP contribution in [0.3, 0.4) is 0 Å². The van der Waals surface area contributed by atoms with E-state index < -0.39 is 0 Å². The molecule has 2 aromatic carbocycles. The first-order chi connectivity index (χ1) is 13.7. The number of para-hydroxylation sites is 1. The van der Waals surface area contributed by atoms with Gasteiger partial charge in [0.25, 0.3) is 0 Å². The van der Waals surface area contributed by atoms with E-state index in [4.69, 9.17) is 9.47 Å². The smallest absolute Gasteiger partial charge is 0.222 e. The fourth-order valence-electron chi connectivity index (χ4n) is 3.32. The van der Waals surface area contributed by atoms with Gasteiger partial charge in [-0.1, -0.05) is 24.3 Å². The van der Waals surface area contributed by atoms with Crippen molar-refractivity contribution in [1.29, 1.82) is 0 Å². The number of ether oxygens (including phenoxy) is 2. The molecule has 0 spiro atoms. The lowest BCUT2D eigenvalue weighted by molar-refractivity contribution is -0.127. The highest BCUT2D eigenvalue weighted by atomic mass is 19.1. The van der Waals surface area contributed by atoms with E-state index in [2.05, 4.69) is 5.32 Å². The molecule has 0 unspecified atom stereocenters. The zero-order chi connectivity index (χ0) is 19.8. The van der Waals surface area contributed by atoms with Crippen molar-refractivity contribution in [1.82, 2.24) is 10.2 Å². The molecule has 0 aliphatic carbocycles. The molecule has 1 amide bonds. The fourth-order valence-corrected chi connectivity index (χ4v) is 3.32. The molecule has 0 bridgehead atoms. The maximum Gasteiger partial charge on any atom is 0.222 e. The van der Waals surface area contributed by atoms with Crippen molar-refractivity contribution >= 4 is 5.91 Å². The first-order valence-electron chi connectivity index (χ1n) is 9.69. The molecule has 28 heavy (non-hydrogen) atoms.